The quantitative estimate of drug-likeness (QED) is 0.922. The molecule has 5 heteroatoms. The van der Waals surface area contributed by atoms with E-state index in [4.69, 9.17) is 0 Å². The number of hydrogen-bond donors (Lipinski definition) is 1. The van der Waals surface area contributed by atoms with Gasteiger partial charge in [-0.2, -0.15) is 0 Å². The molecule has 2 unspecified atom stereocenters. The van der Waals surface area contributed by atoms with Gasteiger partial charge < -0.3 is 10.2 Å². The molecule has 2 aliphatic rings. The van der Waals surface area contributed by atoms with Crippen LogP contribution in [-0.2, 0) is 0 Å². The molecular formula is C15H20N4S. The number of hydrogen-bond acceptors (Lipinski definition) is 5. The first-order valence-electron chi connectivity index (χ1n) is 7.48. The Morgan fingerprint density at radius 3 is 2.85 bits per heavy atom. The predicted octanol–water partition coefficient (Wildman–Crippen LogP) is 3.12. The zero-order valence-corrected chi connectivity index (χ0v) is 12.6. The van der Waals surface area contributed by atoms with Gasteiger partial charge in [-0.1, -0.05) is 6.42 Å². The second-order valence-corrected chi connectivity index (χ2v) is 6.97. The summed E-state index contributed by atoms with van der Waals surface area (Å²) in [5, 5.41) is 6.95. The lowest BCUT2D eigenvalue weighted by molar-refractivity contribution is 0.0608. The third-order valence-corrected chi connectivity index (χ3v) is 5.76. The summed E-state index contributed by atoms with van der Waals surface area (Å²) < 4.78 is 0. The summed E-state index contributed by atoms with van der Waals surface area (Å²) in [7, 11) is 2.30. The SMILES string of the molecule is CN1C2CCCC1CC(Nc1ncnc3sccc13)C2. The van der Waals surface area contributed by atoms with E-state index in [-0.39, 0.29) is 0 Å². The smallest absolute Gasteiger partial charge is 0.138 e. The van der Waals surface area contributed by atoms with Crippen molar-refractivity contribution >= 4 is 27.4 Å². The van der Waals surface area contributed by atoms with Crippen LogP contribution in [0.25, 0.3) is 10.2 Å². The number of nitrogens with zero attached hydrogens (tertiary/aromatic N) is 3. The number of rotatable bonds is 2. The molecule has 2 aromatic rings. The summed E-state index contributed by atoms with van der Waals surface area (Å²) >= 11 is 1.68. The average molecular weight is 288 g/mol. The van der Waals surface area contributed by atoms with E-state index in [0.717, 1.165) is 22.7 Å². The molecular weight excluding hydrogens is 268 g/mol. The van der Waals surface area contributed by atoms with E-state index in [2.05, 4.69) is 38.7 Å². The standard InChI is InChI=1S/C15H20N4S/c1-19-11-3-2-4-12(19)8-10(7-11)18-14-13-5-6-20-15(13)17-9-16-14/h5-6,9-12H,2-4,7-8H2,1H3,(H,16,17,18). The number of thiophene rings is 1. The second kappa shape index (κ2) is 4.97. The highest BCUT2D eigenvalue weighted by atomic mass is 32.1. The van der Waals surface area contributed by atoms with Crippen LogP contribution in [0, 0.1) is 0 Å². The zero-order valence-electron chi connectivity index (χ0n) is 11.7. The van der Waals surface area contributed by atoms with Crippen molar-refractivity contribution in [2.45, 2.75) is 50.2 Å². The molecule has 2 bridgehead atoms. The highest BCUT2D eigenvalue weighted by Crippen LogP contribution is 2.34. The van der Waals surface area contributed by atoms with E-state index in [9.17, 15) is 0 Å². The van der Waals surface area contributed by atoms with Crippen LogP contribution in [0.4, 0.5) is 5.82 Å². The maximum absolute atomic E-state index is 4.46. The maximum Gasteiger partial charge on any atom is 0.138 e. The van der Waals surface area contributed by atoms with Crippen molar-refractivity contribution in [2.24, 2.45) is 0 Å². The van der Waals surface area contributed by atoms with Gasteiger partial charge in [0.2, 0.25) is 0 Å². The van der Waals surface area contributed by atoms with Gasteiger partial charge in [-0.15, -0.1) is 11.3 Å². The molecule has 0 amide bonds. The monoisotopic (exact) mass is 288 g/mol. The molecule has 0 radical (unpaired) electrons. The third kappa shape index (κ3) is 2.09. The maximum atomic E-state index is 4.46. The summed E-state index contributed by atoms with van der Waals surface area (Å²) in [6, 6.07) is 4.18. The minimum atomic E-state index is 0.555. The molecule has 0 aromatic carbocycles. The molecule has 4 nitrogen and oxygen atoms in total. The summed E-state index contributed by atoms with van der Waals surface area (Å²) in [5.74, 6) is 1.02. The molecule has 106 valence electrons. The van der Waals surface area contributed by atoms with Crippen molar-refractivity contribution in [1.82, 2.24) is 14.9 Å². The van der Waals surface area contributed by atoms with E-state index >= 15 is 0 Å². The molecule has 4 rings (SSSR count). The van der Waals surface area contributed by atoms with Crippen LogP contribution >= 0.6 is 11.3 Å². The number of nitrogens with one attached hydrogen (secondary N) is 1. The number of aromatic nitrogens is 2. The van der Waals surface area contributed by atoms with Crippen molar-refractivity contribution < 1.29 is 0 Å². The van der Waals surface area contributed by atoms with Crippen molar-refractivity contribution in [2.75, 3.05) is 12.4 Å². The Morgan fingerprint density at radius 1 is 1.25 bits per heavy atom. The Kier molecular flexibility index (Phi) is 3.11. The first-order valence-corrected chi connectivity index (χ1v) is 8.36. The van der Waals surface area contributed by atoms with Gasteiger partial charge in [0.15, 0.2) is 0 Å². The van der Waals surface area contributed by atoms with Gasteiger partial charge in [-0.3, -0.25) is 0 Å². The zero-order chi connectivity index (χ0) is 13.5. The molecule has 2 saturated heterocycles. The van der Waals surface area contributed by atoms with E-state index in [1.807, 2.05) is 0 Å². The van der Waals surface area contributed by atoms with Crippen LogP contribution in [0.2, 0.25) is 0 Å². The average Bonchev–Trinajstić information content (AvgIpc) is 2.89. The van der Waals surface area contributed by atoms with E-state index in [0.29, 0.717) is 6.04 Å². The van der Waals surface area contributed by atoms with E-state index < -0.39 is 0 Å². The fourth-order valence-electron chi connectivity index (χ4n) is 3.83. The van der Waals surface area contributed by atoms with Crippen molar-refractivity contribution in [3.63, 3.8) is 0 Å². The highest BCUT2D eigenvalue weighted by molar-refractivity contribution is 7.16. The Bertz CT molecular complexity index is 597. The summed E-state index contributed by atoms with van der Waals surface area (Å²) in [4.78, 5) is 12.5. The lowest BCUT2D eigenvalue weighted by Gasteiger charge is -2.47. The molecule has 2 atom stereocenters. The Labute approximate surface area is 123 Å². The van der Waals surface area contributed by atoms with Crippen molar-refractivity contribution in [3.05, 3.63) is 17.8 Å². The first-order chi connectivity index (χ1) is 9.81. The topological polar surface area (TPSA) is 41.0 Å². The molecule has 2 fully saturated rings. The minimum Gasteiger partial charge on any atom is -0.367 e. The number of piperidine rings is 2. The largest absolute Gasteiger partial charge is 0.367 e. The number of fused-ring (bicyclic) bond motifs is 3. The molecule has 2 aliphatic heterocycles. The van der Waals surface area contributed by atoms with Gasteiger partial charge in [0, 0.05) is 18.1 Å². The predicted molar refractivity (Wildman–Crippen MR) is 83.2 cm³/mol. The van der Waals surface area contributed by atoms with Crippen LogP contribution in [0.3, 0.4) is 0 Å². The summed E-state index contributed by atoms with van der Waals surface area (Å²) in [5.41, 5.74) is 0. The van der Waals surface area contributed by atoms with Gasteiger partial charge in [-0.05, 0) is 44.2 Å². The van der Waals surface area contributed by atoms with Crippen LogP contribution in [-0.4, -0.2) is 40.0 Å². The van der Waals surface area contributed by atoms with Gasteiger partial charge in [0.25, 0.3) is 0 Å². The van der Waals surface area contributed by atoms with Gasteiger partial charge in [0.1, 0.15) is 17.0 Å². The van der Waals surface area contributed by atoms with E-state index in [1.54, 1.807) is 17.7 Å². The highest BCUT2D eigenvalue weighted by Gasteiger charge is 2.36. The Balaban J connectivity index is 1.56. The fourth-order valence-corrected chi connectivity index (χ4v) is 4.56. The van der Waals surface area contributed by atoms with E-state index in [1.165, 1.54) is 37.5 Å². The molecule has 0 aliphatic carbocycles. The Morgan fingerprint density at radius 2 is 2.05 bits per heavy atom. The normalized spacial score (nSPS) is 30.6. The molecule has 4 heterocycles. The van der Waals surface area contributed by atoms with Crippen molar-refractivity contribution in [1.29, 1.82) is 0 Å². The minimum absolute atomic E-state index is 0.555. The van der Waals surface area contributed by atoms with Gasteiger partial charge in [-0.25, -0.2) is 9.97 Å². The molecule has 2 aromatic heterocycles. The Hall–Kier alpha value is -1.20. The van der Waals surface area contributed by atoms with Gasteiger partial charge >= 0.3 is 0 Å². The first kappa shape index (κ1) is 12.5. The molecule has 0 spiro atoms. The van der Waals surface area contributed by atoms with Crippen LogP contribution < -0.4 is 5.32 Å². The van der Waals surface area contributed by atoms with Crippen LogP contribution in [0.15, 0.2) is 17.8 Å². The van der Waals surface area contributed by atoms with Gasteiger partial charge in [0.05, 0.1) is 5.39 Å². The van der Waals surface area contributed by atoms with Crippen molar-refractivity contribution in [3.8, 4) is 0 Å². The van der Waals surface area contributed by atoms with Crippen LogP contribution in [0.5, 0.6) is 0 Å². The molecule has 0 saturated carbocycles. The fraction of sp³-hybridized carbons (Fsp3) is 0.600. The summed E-state index contributed by atoms with van der Waals surface area (Å²) in [6.45, 7) is 0. The molecule has 20 heavy (non-hydrogen) atoms. The third-order valence-electron chi connectivity index (χ3n) is 4.94. The number of anilines is 1. The molecule has 1 N–H and O–H groups in total. The lowest BCUT2D eigenvalue weighted by atomic mass is 9.82. The summed E-state index contributed by atoms with van der Waals surface area (Å²) in [6.07, 6.45) is 8.25. The second-order valence-electron chi connectivity index (χ2n) is 6.08. The lowest BCUT2D eigenvalue weighted by Crippen LogP contribution is -2.52. The van der Waals surface area contributed by atoms with Crippen LogP contribution in [0.1, 0.15) is 32.1 Å².